The zero-order valence-electron chi connectivity index (χ0n) is 53.2. The lowest BCUT2D eigenvalue weighted by Crippen LogP contribution is -2.45. The molecule has 0 aromatic carbocycles. The van der Waals surface area contributed by atoms with Crippen LogP contribution in [-0.4, -0.2) is 47.4 Å². The molecule has 0 aromatic rings. The van der Waals surface area contributed by atoms with E-state index in [2.05, 4.69) is 19.2 Å². The Hall–Kier alpha value is -1.40. The second-order valence-corrected chi connectivity index (χ2v) is 24.9. The van der Waals surface area contributed by atoms with Gasteiger partial charge in [0, 0.05) is 12.8 Å². The van der Waals surface area contributed by atoms with Gasteiger partial charge in [-0.3, -0.25) is 9.59 Å². The molecule has 6 heteroatoms. The minimum atomic E-state index is -0.842. The zero-order chi connectivity index (χ0) is 56.4. The van der Waals surface area contributed by atoms with E-state index in [-0.39, 0.29) is 18.5 Å². The Kier molecular flexibility index (Phi) is 66.9. The molecule has 2 unspecified atom stereocenters. The molecule has 0 heterocycles. The molecule has 0 bridgehead atoms. The highest BCUT2D eigenvalue weighted by atomic mass is 16.5. The van der Waals surface area contributed by atoms with Gasteiger partial charge >= 0.3 is 5.97 Å². The van der Waals surface area contributed by atoms with Crippen molar-refractivity contribution in [2.75, 3.05) is 13.2 Å². The standard InChI is InChI=1S/C72H141NO5/c1-3-5-7-9-11-13-15-17-18-19-31-34-37-41-44-48-52-56-60-64-70(75)69(68-74)73-71(76)65-61-57-53-49-45-42-38-35-32-29-27-25-23-21-20-22-24-26-28-30-33-36-39-43-47-51-55-59-63-67-78-72(77)66-62-58-54-50-46-40-16-14-12-10-8-6-4-2/h60,64,69-70,74-75H,3-59,61-63,65-68H2,1-2H3,(H,73,76)/b64-60+. The lowest BCUT2D eigenvalue weighted by atomic mass is 10.0. The van der Waals surface area contributed by atoms with Gasteiger partial charge in [0.15, 0.2) is 0 Å². The molecule has 0 spiro atoms. The van der Waals surface area contributed by atoms with Gasteiger partial charge in [-0.2, -0.15) is 0 Å². The van der Waals surface area contributed by atoms with Crippen LogP contribution in [0.5, 0.6) is 0 Å². The Bertz CT molecular complexity index is 1180. The van der Waals surface area contributed by atoms with Crippen LogP contribution in [-0.2, 0) is 14.3 Å². The number of hydrogen-bond acceptors (Lipinski definition) is 5. The van der Waals surface area contributed by atoms with Crippen molar-refractivity contribution < 1.29 is 24.5 Å². The summed E-state index contributed by atoms with van der Waals surface area (Å²) in [6, 6.07) is -0.625. The van der Waals surface area contributed by atoms with Crippen molar-refractivity contribution in [3.05, 3.63) is 12.2 Å². The first-order valence-corrected chi connectivity index (χ1v) is 36.0. The van der Waals surface area contributed by atoms with Crippen molar-refractivity contribution in [2.24, 2.45) is 0 Å². The SMILES string of the molecule is CCCCCCCCCCCCCCCCCCC/C=C/C(O)C(CO)NC(=O)CCCCCCCCCCCCCCCCCCCCCCCCCCCCCCCOC(=O)CCCCCCCCCCCCCCC. The number of allylic oxidation sites excluding steroid dienone is 1. The Balaban J connectivity index is 3.35. The molecule has 0 aromatic heterocycles. The quantitative estimate of drug-likeness (QED) is 0.0320. The van der Waals surface area contributed by atoms with Crippen LogP contribution >= 0.6 is 0 Å². The first-order chi connectivity index (χ1) is 38.5. The number of aliphatic hydroxyl groups is 2. The van der Waals surface area contributed by atoms with Crippen LogP contribution in [0, 0.1) is 0 Å². The van der Waals surface area contributed by atoms with Crippen LogP contribution in [0.15, 0.2) is 12.2 Å². The van der Waals surface area contributed by atoms with E-state index >= 15 is 0 Å². The number of amides is 1. The molecule has 0 aliphatic carbocycles. The lowest BCUT2D eigenvalue weighted by molar-refractivity contribution is -0.143. The number of ether oxygens (including phenoxy) is 1. The number of aliphatic hydroxyl groups excluding tert-OH is 2. The molecule has 0 radical (unpaired) electrons. The molecule has 464 valence electrons. The lowest BCUT2D eigenvalue weighted by Gasteiger charge is -2.20. The van der Waals surface area contributed by atoms with Crippen molar-refractivity contribution >= 4 is 11.9 Å². The van der Waals surface area contributed by atoms with Crippen molar-refractivity contribution in [1.82, 2.24) is 5.32 Å². The smallest absolute Gasteiger partial charge is 0.305 e. The molecule has 0 rings (SSSR count). The summed E-state index contributed by atoms with van der Waals surface area (Å²) in [5, 5.41) is 23.2. The Morgan fingerprint density at radius 3 is 0.872 bits per heavy atom. The van der Waals surface area contributed by atoms with Gasteiger partial charge in [-0.15, -0.1) is 0 Å². The normalized spacial score (nSPS) is 12.5. The largest absolute Gasteiger partial charge is 0.466 e. The van der Waals surface area contributed by atoms with Gasteiger partial charge in [0.1, 0.15) is 0 Å². The number of rotatable bonds is 68. The van der Waals surface area contributed by atoms with E-state index in [4.69, 9.17) is 4.74 Å². The summed E-state index contributed by atoms with van der Waals surface area (Å²) in [6.07, 6.45) is 84.4. The van der Waals surface area contributed by atoms with Gasteiger partial charge < -0.3 is 20.3 Å². The molecule has 78 heavy (non-hydrogen) atoms. The van der Waals surface area contributed by atoms with Crippen LogP contribution < -0.4 is 5.32 Å². The summed E-state index contributed by atoms with van der Waals surface area (Å²) in [7, 11) is 0. The van der Waals surface area contributed by atoms with Gasteiger partial charge in [0.25, 0.3) is 0 Å². The van der Waals surface area contributed by atoms with Gasteiger partial charge in [-0.25, -0.2) is 0 Å². The summed E-state index contributed by atoms with van der Waals surface area (Å²) < 4.78 is 5.49. The third-order valence-corrected chi connectivity index (χ3v) is 17.1. The molecule has 0 saturated carbocycles. The van der Waals surface area contributed by atoms with Gasteiger partial charge in [0.05, 0.1) is 25.4 Å². The van der Waals surface area contributed by atoms with Gasteiger partial charge in [-0.05, 0) is 32.1 Å². The predicted octanol–water partition coefficient (Wildman–Crippen LogP) is 23.1. The maximum Gasteiger partial charge on any atom is 0.305 e. The molecule has 0 aliphatic heterocycles. The van der Waals surface area contributed by atoms with E-state index in [1.807, 2.05) is 6.08 Å². The van der Waals surface area contributed by atoms with E-state index in [0.717, 1.165) is 38.5 Å². The van der Waals surface area contributed by atoms with Crippen molar-refractivity contribution in [3.8, 4) is 0 Å². The fourth-order valence-electron chi connectivity index (χ4n) is 11.6. The van der Waals surface area contributed by atoms with Gasteiger partial charge in [0.2, 0.25) is 5.91 Å². The maximum absolute atomic E-state index is 12.5. The second kappa shape index (κ2) is 68.1. The Morgan fingerprint density at radius 2 is 0.590 bits per heavy atom. The molecular formula is C72H141NO5. The summed E-state index contributed by atoms with van der Waals surface area (Å²) in [6.45, 7) is 4.95. The number of esters is 1. The van der Waals surface area contributed by atoms with Crippen molar-refractivity contribution in [1.29, 1.82) is 0 Å². The van der Waals surface area contributed by atoms with Crippen LogP contribution in [0.3, 0.4) is 0 Å². The summed E-state index contributed by atoms with van der Waals surface area (Å²) >= 11 is 0. The number of carbonyl (C=O) groups excluding carboxylic acids is 2. The Morgan fingerprint density at radius 1 is 0.346 bits per heavy atom. The van der Waals surface area contributed by atoms with Crippen molar-refractivity contribution in [3.63, 3.8) is 0 Å². The van der Waals surface area contributed by atoms with E-state index in [1.54, 1.807) is 6.08 Å². The number of unbranched alkanes of at least 4 members (excludes halogenated alkanes) is 57. The van der Waals surface area contributed by atoms with E-state index in [9.17, 15) is 19.8 Å². The maximum atomic E-state index is 12.5. The second-order valence-electron chi connectivity index (χ2n) is 24.9. The summed E-state index contributed by atoms with van der Waals surface area (Å²) in [5.41, 5.74) is 0. The van der Waals surface area contributed by atoms with E-state index in [0.29, 0.717) is 19.4 Å². The minimum Gasteiger partial charge on any atom is -0.466 e. The number of hydrogen-bond donors (Lipinski definition) is 3. The van der Waals surface area contributed by atoms with Crippen LogP contribution in [0.1, 0.15) is 412 Å². The third kappa shape index (κ3) is 63.8. The Labute approximate surface area is 489 Å². The van der Waals surface area contributed by atoms with Crippen LogP contribution in [0.4, 0.5) is 0 Å². The first kappa shape index (κ1) is 76.6. The molecule has 2 atom stereocenters. The average Bonchev–Trinajstić information content (AvgIpc) is 3.44. The molecular weight excluding hydrogens is 959 g/mol. The average molecular weight is 1100 g/mol. The number of nitrogens with one attached hydrogen (secondary N) is 1. The highest BCUT2D eigenvalue weighted by Gasteiger charge is 2.18. The summed E-state index contributed by atoms with van der Waals surface area (Å²) in [4.78, 5) is 24.6. The van der Waals surface area contributed by atoms with Crippen molar-refractivity contribution in [2.45, 2.75) is 424 Å². The first-order valence-electron chi connectivity index (χ1n) is 36.0. The molecule has 6 nitrogen and oxygen atoms in total. The molecule has 0 fully saturated rings. The van der Waals surface area contributed by atoms with E-state index in [1.165, 1.54) is 347 Å². The third-order valence-electron chi connectivity index (χ3n) is 17.1. The highest BCUT2D eigenvalue weighted by Crippen LogP contribution is 2.19. The van der Waals surface area contributed by atoms with Crippen LogP contribution in [0.2, 0.25) is 0 Å². The highest BCUT2D eigenvalue weighted by molar-refractivity contribution is 5.76. The van der Waals surface area contributed by atoms with Gasteiger partial charge in [-0.1, -0.05) is 379 Å². The monoisotopic (exact) mass is 1100 g/mol. The fraction of sp³-hybridized carbons (Fsp3) is 0.944. The van der Waals surface area contributed by atoms with E-state index < -0.39 is 12.1 Å². The minimum absolute atomic E-state index is 0.0216. The molecule has 0 aliphatic rings. The van der Waals surface area contributed by atoms with Crippen LogP contribution in [0.25, 0.3) is 0 Å². The summed E-state index contributed by atoms with van der Waals surface area (Å²) in [5.74, 6) is -0.0385. The zero-order valence-corrected chi connectivity index (χ0v) is 53.2. The molecule has 3 N–H and O–H groups in total. The fourth-order valence-corrected chi connectivity index (χ4v) is 11.6. The molecule has 1 amide bonds. The topological polar surface area (TPSA) is 95.9 Å². The number of carbonyl (C=O) groups is 2. The predicted molar refractivity (Wildman–Crippen MR) is 343 cm³/mol. The molecule has 0 saturated heterocycles.